The molecule has 2 N–H and O–H groups in total. The molecule has 0 radical (unpaired) electrons. The molecule has 0 unspecified atom stereocenters. The molecule has 1 aliphatic heterocycles. The van der Waals surface area contributed by atoms with E-state index in [1.165, 1.54) is 19.1 Å². The van der Waals surface area contributed by atoms with Gasteiger partial charge in [-0.25, -0.2) is 9.48 Å². The summed E-state index contributed by atoms with van der Waals surface area (Å²) in [5, 5.41) is 16.5. The highest BCUT2D eigenvalue weighted by atomic mass is 16.7. The maximum absolute atomic E-state index is 12.7. The number of rotatable bonds is 5. The van der Waals surface area contributed by atoms with E-state index in [2.05, 4.69) is 10.4 Å². The first-order valence-electron chi connectivity index (χ1n) is 8.87. The number of ether oxygens (including phenoxy) is 2. The topological polar surface area (TPSA) is 120 Å². The number of fused-ring (bicyclic) bond motifs is 2. The summed E-state index contributed by atoms with van der Waals surface area (Å²) in [6, 6.07) is 10.6. The highest BCUT2D eigenvalue weighted by molar-refractivity contribution is 6.01. The zero-order valence-corrected chi connectivity index (χ0v) is 15.4. The number of benzene rings is 2. The smallest absolute Gasteiger partial charge is 0.357 e. The highest BCUT2D eigenvalue weighted by Gasteiger charge is 2.22. The first-order chi connectivity index (χ1) is 14.0. The van der Waals surface area contributed by atoms with Crippen LogP contribution in [-0.2, 0) is 11.3 Å². The normalized spacial score (nSPS) is 13.3. The van der Waals surface area contributed by atoms with Gasteiger partial charge in [-0.15, -0.1) is 0 Å². The van der Waals surface area contributed by atoms with Crippen LogP contribution in [0, 0.1) is 0 Å². The molecule has 0 saturated heterocycles. The van der Waals surface area contributed by atoms with Crippen molar-refractivity contribution in [3.63, 3.8) is 0 Å². The summed E-state index contributed by atoms with van der Waals surface area (Å²) in [6.07, 6.45) is 0. The van der Waals surface area contributed by atoms with E-state index in [9.17, 15) is 19.5 Å². The number of carbonyl (C=O) groups is 2. The minimum absolute atomic E-state index is 0.157. The quantitative estimate of drug-likeness (QED) is 0.675. The Morgan fingerprint density at radius 3 is 2.66 bits per heavy atom. The predicted molar refractivity (Wildman–Crippen MR) is 102 cm³/mol. The van der Waals surface area contributed by atoms with E-state index >= 15 is 0 Å². The van der Waals surface area contributed by atoms with E-state index in [0.29, 0.717) is 11.5 Å². The third-order valence-corrected chi connectivity index (χ3v) is 4.68. The summed E-state index contributed by atoms with van der Waals surface area (Å²) in [7, 11) is 0. The van der Waals surface area contributed by atoms with Gasteiger partial charge in [0.1, 0.15) is 6.04 Å². The molecule has 9 heteroatoms. The molecule has 2 aromatic carbocycles. The molecule has 1 amide bonds. The van der Waals surface area contributed by atoms with Crippen LogP contribution in [0.3, 0.4) is 0 Å². The second kappa shape index (κ2) is 7.27. The van der Waals surface area contributed by atoms with Crippen molar-refractivity contribution in [2.24, 2.45) is 0 Å². The number of carboxylic acids is 1. The number of amides is 1. The van der Waals surface area contributed by atoms with Crippen molar-refractivity contribution in [2.45, 2.75) is 19.5 Å². The SMILES string of the molecule is C[C@@H](C(=O)NCc1ccc2c(c1)OCO2)n1nc(C(=O)O)c2ccccc2c1=O. The van der Waals surface area contributed by atoms with Gasteiger partial charge in [0.15, 0.2) is 17.2 Å². The van der Waals surface area contributed by atoms with Crippen LogP contribution in [-0.4, -0.2) is 33.6 Å². The number of nitrogens with zero attached hydrogens (tertiary/aromatic N) is 2. The second-order valence-corrected chi connectivity index (χ2v) is 6.53. The van der Waals surface area contributed by atoms with Crippen molar-refractivity contribution in [2.75, 3.05) is 6.79 Å². The van der Waals surface area contributed by atoms with E-state index in [1.807, 2.05) is 0 Å². The fourth-order valence-electron chi connectivity index (χ4n) is 3.13. The molecule has 0 fully saturated rings. The molecule has 0 bridgehead atoms. The molecule has 2 heterocycles. The van der Waals surface area contributed by atoms with Gasteiger partial charge >= 0.3 is 5.97 Å². The number of aromatic nitrogens is 2. The summed E-state index contributed by atoms with van der Waals surface area (Å²) < 4.78 is 11.5. The molecule has 29 heavy (non-hydrogen) atoms. The van der Waals surface area contributed by atoms with Crippen LogP contribution >= 0.6 is 0 Å². The lowest BCUT2D eigenvalue weighted by molar-refractivity contribution is -0.124. The second-order valence-electron chi connectivity index (χ2n) is 6.53. The Morgan fingerprint density at radius 2 is 1.90 bits per heavy atom. The van der Waals surface area contributed by atoms with Gasteiger partial charge in [0.25, 0.3) is 5.56 Å². The number of carbonyl (C=O) groups excluding carboxylic acids is 1. The molecule has 1 aromatic heterocycles. The number of nitrogens with one attached hydrogen (secondary N) is 1. The standard InChI is InChI=1S/C20H17N3O6/c1-11(18(24)21-9-12-6-7-15-16(8-12)29-10-28-15)23-19(25)14-5-3-2-4-13(14)17(22-23)20(26)27/h2-8,11H,9-10H2,1H3,(H,21,24)(H,26,27)/t11-/m0/s1. The van der Waals surface area contributed by atoms with Gasteiger partial charge in [0.2, 0.25) is 12.7 Å². The van der Waals surface area contributed by atoms with E-state index < -0.39 is 23.5 Å². The molecule has 9 nitrogen and oxygen atoms in total. The van der Waals surface area contributed by atoms with Crippen LogP contribution < -0.4 is 20.3 Å². The molecular formula is C20H17N3O6. The Hall–Kier alpha value is -3.88. The average Bonchev–Trinajstić information content (AvgIpc) is 3.19. The van der Waals surface area contributed by atoms with Crippen molar-refractivity contribution >= 4 is 22.6 Å². The maximum atomic E-state index is 12.7. The lowest BCUT2D eigenvalue weighted by Gasteiger charge is -2.16. The Labute approximate surface area is 164 Å². The number of aromatic carboxylic acids is 1. The van der Waals surface area contributed by atoms with Gasteiger partial charge < -0.3 is 19.9 Å². The van der Waals surface area contributed by atoms with E-state index in [-0.39, 0.29) is 29.8 Å². The first kappa shape index (κ1) is 18.5. The Balaban J connectivity index is 1.59. The van der Waals surface area contributed by atoms with Crippen LogP contribution in [0.2, 0.25) is 0 Å². The summed E-state index contributed by atoms with van der Waals surface area (Å²) in [6.45, 7) is 1.85. The molecule has 3 aromatic rings. The fourth-order valence-corrected chi connectivity index (χ4v) is 3.13. The Morgan fingerprint density at radius 1 is 1.17 bits per heavy atom. The molecule has 1 aliphatic rings. The van der Waals surface area contributed by atoms with Gasteiger partial charge in [-0.05, 0) is 30.7 Å². The van der Waals surface area contributed by atoms with Gasteiger partial charge in [-0.1, -0.05) is 24.3 Å². The molecule has 4 rings (SSSR count). The summed E-state index contributed by atoms with van der Waals surface area (Å²) in [5.74, 6) is -0.503. The number of hydrogen-bond acceptors (Lipinski definition) is 6. The predicted octanol–water partition coefficient (Wildman–Crippen LogP) is 1.70. The third kappa shape index (κ3) is 3.38. The summed E-state index contributed by atoms with van der Waals surface area (Å²) in [5.41, 5.74) is -0.0215. The molecule has 1 atom stereocenters. The molecule has 0 aliphatic carbocycles. The molecular weight excluding hydrogens is 378 g/mol. The van der Waals surface area contributed by atoms with Gasteiger partial charge in [0, 0.05) is 11.9 Å². The fraction of sp³-hybridized carbons (Fsp3) is 0.200. The van der Waals surface area contributed by atoms with Gasteiger partial charge in [-0.3, -0.25) is 9.59 Å². The van der Waals surface area contributed by atoms with E-state index in [1.54, 1.807) is 30.3 Å². The highest BCUT2D eigenvalue weighted by Crippen LogP contribution is 2.32. The van der Waals surface area contributed by atoms with Crippen molar-refractivity contribution in [3.8, 4) is 11.5 Å². The van der Waals surface area contributed by atoms with Crippen molar-refractivity contribution in [3.05, 3.63) is 64.1 Å². The average molecular weight is 395 g/mol. The Kier molecular flexibility index (Phi) is 4.63. The zero-order chi connectivity index (χ0) is 20.5. The maximum Gasteiger partial charge on any atom is 0.357 e. The van der Waals surface area contributed by atoms with E-state index in [0.717, 1.165) is 10.2 Å². The van der Waals surface area contributed by atoms with Gasteiger partial charge in [-0.2, -0.15) is 5.10 Å². The van der Waals surface area contributed by atoms with Crippen LogP contribution in [0.4, 0.5) is 0 Å². The minimum Gasteiger partial charge on any atom is -0.476 e. The lowest BCUT2D eigenvalue weighted by atomic mass is 10.1. The van der Waals surface area contributed by atoms with Crippen LogP contribution in [0.1, 0.15) is 29.0 Å². The molecule has 0 spiro atoms. The monoisotopic (exact) mass is 395 g/mol. The number of carboxylic acid groups (broad SMARTS) is 1. The third-order valence-electron chi connectivity index (χ3n) is 4.68. The lowest BCUT2D eigenvalue weighted by Crippen LogP contribution is -2.37. The van der Waals surface area contributed by atoms with Gasteiger partial charge in [0.05, 0.1) is 5.39 Å². The van der Waals surface area contributed by atoms with Crippen molar-refractivity contribution in [1.82, 2.24) is 15.1 Å². The molecule has 148 valence electrons. The van der Waals surface area contributed by atoms with Crippen molar-refractivity contribution < 1.29 is 24.2 Å². The van der Waals surface area contributed by atoms with Crippen LogP contribution in [0.15, 0.2) is 47.3 Å². The van der Waals surface area contributed by atoms with E-state index in [4.69, 9.17) is 9.47 Å². The van der Waals surface area contributed by atoms with Crippen LogP contribution in [0.5, 0.6) is 11.5 Å². The number of hydrogen-bond donors (Lipinski definition) is 2. The van der Waals surface area contributed by atoms with Crippen LogP contribution in [0.25, 0.3) is 10.8 Å². The molecule has 0 saturated carbocycles. The minimum atomic E-state index is -1.28. The largest absolute Gasteiger partial charge is 0.476 e. The summed E-state index contributed by atoms with van der Waals surface area (Å²) >= 11 is 0. The van der Waals surface area contributed by atoms with Crippen molar-refractivity contribution in [1.29, 1.82) is 0 Å². The zero-order valence-electron chi connectivity index (χ0n) is 15.4. The first-order valence-corrected chi connectivity index (χ1v) is 8.87. The summed E-state index contributed by atoms with van der Waals surface area (Å²) in [4.78, 5) is 36.9. The Bertz CT molecular complexity index is 1190.